The van der Waals surface area contributed by atoms with Gasteiger partial charge in [-0.2, -0.15) is 0 Å². The van der Waals surface area contributed by atoms with Crippen LogP contribution in [0.1, 0.15) is 19.5 Å². The van der Waals surface area contributed by atoms with E-state index in [2.05, 4.69) is 4.99 Å². The van der Waals surface area contributed by atoms with Crippen LogP contribution in [0.5, 0.6) is 5.75 Å². The summed E-state index contributed by atoms with van der Waals surface area (Å²) < 4.78 is 12.3. The van der Waals surface area contributed by atoms with Crippen LogP contribution in [0.2, 0.25) is 0 Å². The van der Waals surface area contributed by atoms with Crippen molar-refractivity contribution in [2.75, 3.05) is 13.2 Å². The highest BCUT2D eigenvalue weighted by Gasteiger charge is 2.18. The molecule has 5 nitrogen and oxygen atoms in total. The number of benzene rings is 1. The first-order chi connectivity index (χ1) is 10.7. The van der Waals surface area contributed by atoms with Crippen molar-refractivity contribution < 1.29 is 14.3 Å². The summed E-state index contributed by atoms with van der Waals surface area (Å²) in [5, 5.41) is 0. The topological polar surface area (TPSA) is 52.8 Å². The van der Waals surface area contributed by atoms with Gasteiger partial charge in [-0.15, -0.1) is 0 Å². The fraction of sp³-hybridized carbons (Fsp3) is 0.294. The normalized spacial score (nSPS) is 11.3. The highest BCUT2D eigenvalue weighted by Crippen LogP contribution is 2.20. The van der Waals surface area contributed by atoms with Crippen LogP contribution in [0.15, 0.2) is 47.6 Å². The Morgan fingerprint density at radius 3 is 2.41 bits per heavy atom. The van der Waals surface area contributed by atoms with Crippen molar-refractivity contribution in [3.63, 3.8) is 0 Å². The molecule has 5 heteroatoms. The molecule has 0 unspecified atom stereocenters. The smallest absolute Gasteiger partial charge is 0.359 e. The number of carbonyl (C=O) groups excluding carboxylic acids is 1. The highest BCUT2D eigenvalue weighted by molar-refractivity contribution is 6.43. The molecule has 0 amide bonds. The van der Waals surface area contributed by atoms with E-state index in [9.17, 15) is 4.79 Å². The molecule has 1 aromatic heterocycles. The van der Waals surface area contributed by atoms with Crippen LogP contribution in [0.3, 0.4) is 0 Å². The molecule has 0 saturated carbocycles. The molecule has 0 radical (unpaired) electrons. The van der Waals surface area contributed by atoms with E-state index >= 15 is 0 Å². The number of carbonyl (C=O) groups is 1. The fourth-order valence-electron chi connectivity index (χ4n) is 2.03. The minimum absolute atomic E-state index is 0.290. The summed E-state index contributed by atoms with van der Waals surface area (Å²) in [5.74, 6) is 0.344. The second kappa shape index (κ2) is 7.45. The van der Waals surface area contributed by atoms with E-state index in [1.54, 1.807) is 6.92 Å². The molecule has 2 aromatic rings. The highest BCUT2D eigenvalue weighted by atomic mass is 16.5. The average Bonchev–Trinajstić information content (AvgIpc) is 2.93. The van der Waals surface area contributed by atoms with Gasteiger partial charge in [0.05, 0.1) is 24.6 Å². The zero-order valence-electron chi connectivity index (χ0n) is 13.1. The van der Waals surface area contributed by atoms with E-state index in [0.29, 0.717) is 30.3 Å². The molecule has 1 aromatic carbocycles. The largest absolute Gasteiger partial charge is 0.494 e. The van der Waals surface area contributed by atoms with Gasteiger partial charge in [0.25, 0.3) is 0 Å². The van der Waals surface area contributed by atoms with Gasteiger partial charge < -0.3 is 14.0 Å². The molecule has 0 aliphatic rings. The molecule has 0 saturated heterocycles. The number of esters is 1. The van der Waals surface area contributed by atoms with E-state index in [1.807, 2.05) is 61.1 Å². The number of hydrogen-bond acceptors (Lipinski definition) is 4. The first-order valence-electron chi connectivity index (χ1n) is 7.26. The van der Waals surface area contributed by atoms with Crippen molar-refractivity contribution in [2.24, 2.45) is 12.0 Å². The summed E-state index contributed by atoms with van der Waals surface area (Å²) in [6.07, 6.45) is 1.86. The van der Waals surface area contributed by atoms with Gasteiger partial charge in [0.2, 0.25) is 0 Å². The summed E-state index contributed by atoms with van der Waals surface area (Å²) in [7, 11) is 1.86. The van der Waals surface area contributed by atoms with Gasteiger partial charge in [-0.1, -0.05) is 0 Å². The second-order valence-corrected chi connectivity index (χ2v) is 4.61. The van der Waals surface area contributed by atoms with Crippen molar-refractivity contribution >= 4 is 17.4 Å². The summed E-state index contributed by atoms with van der Waals surface area (Å²) in [6.45, 7) is 4.63. The van der Waals surface area contributed by atoms with E-state index in [1.165, 1.54) is 0 Å². The molecule has 0 fully saturated rings. The Morgan fingerprint density at radius 1 is 1.14 bits per heavy atom. The number of ether oxygens (including phenoxy) is 2. The van der Waals surface area contributed by atoms with Gasteiger partial charge in [0.15, 0.2) is 5.71 Å². The molecule has 116 valence electrons. The van der Waals surface area contributed by atoms with Crippen molar-refractivity contribution in [1.82, 2.24) is 4.57 Å². The zero-order chi connectivity index (χ0) is 15.9. The molecule has 0 atom stereocenters. The van der Waals surface area contributed by atoms with E-state index in [-0.39, 0.29) is 0 Å². The molecule has 0 N–H and O–H groups in total. The number of aromatic nitrogens is 1. The summed E-state index contributed by atoms with van der Waals surface area (Å²) >= 11 is 0. The molecule has 22 heavy (non-hydrogen) atoms. The molecule has 2 rings (SSSR count). The average molecular weight is 300 g/mol. The maximum absolute atomic E-state index is 12.2. The Kier molecular flexibility index (Phi) is 5.36. The van der Waals surface area contributed by atoms with Gasteiger partial charge in [-0.25, -0.2) is 9.79 Å². The Labute approximate surface area is 130 Å². The van der Waals surface area contributed by atoms with Gasteiger partial charge in [-0.05, 0) is 50.2 Å². The summed E-state index contributed by atoms with van der Waals surface area (Å²) in [5.41, 5.74) is 1.68. The van der Waals surface area contributed by atoms with Gasteiger partial charge in [-0.3, -0.25) is 0 Å². The lowest BCUT2D eigenvalue weighted by Gasteiger charge is -2.08. The molecular weight excluding hydrogens is 280 g/mol. The molecule has 0 bridgehead atoms. The molecule has 0 aliphatic carbocycles. The Morgan fingerprint density at radius 2 is 1.86 bits per heavy atom. The van der Waals surface area contributed by atoms with E-state index in [4.69, 9.17) is 9.47 Å². The summed E-state index contributed by atoms with van der Waals surface area (Å²) in [4.78, 5) is 16.6. The van der Waals surface area contributed by atoms with Crippen LogP contribution < -0.4 is 4.74 Å². The van der Waals surface area contributed by atoms with E-state index < -0.39 is 5.97 Å². The van der Waals surface area contributed by atoms with Crippen LogP contribution in [-0.2, 0) is 16.6 Å². The molecule has 0 spiro atoms. The van der Waals surface area contributed by atoms with Crippen molar-refractivity contribution in [3.8, 4) is 5.75 Å². The lowest BCUT2D eigenvalue weighted by molar-refractivity contribution is -0.134. The van der Waals surface area contributed by atoms with Crippen LogP contribution >= 0.6 is 0 Å². The number of hydrogen-bond donors (Lipinski definition) is 0. The number of aryl methyl sites for hydroxylation is 1. The van der Waals surface area contributed by atoms with Crippen molar-refractivity contribution in [1.29, 1.82) is 0 Å². The summed E-state index contributed by atoms with van der Waals surface area (Å²) in [6, 6.07) is 11.0. The number of aliphatic imine (C=N–C) groups is 1. The Hall–Kier alpha value is -2.56. The second-order valence-electron chi connectivity index (χ2n) is 4.61. The monoisotopic (exact) mass is 300 g/mol. The van der Waals surface area contributed by atoms with Crippen molar-refractivity contribution in [2.45, 2.75) is 13.8 Å². The third-order valence-corrected chi connectivity index (χ3v) is 3.04. The Bertz CT molecular complexity index is 657. The molecule has 1 heterocycles. The molecular formula is C17H20N2O3. The third kappa shape index (κ3) is 3.75. The predicted molar refractivity (Wildman–Crippen MR) is 85.9 cm³/mol. The number of nitrogens with zero attached hydrogens (tertiary/aromatic N) is 2. The van der Waals surface area contributed by atoms with Crippen LogP contribution in [0, 0.1) is 0 Å². The Balaban J connectivity index is 2.35. The van der Waals surface area contributed by atoms with Crippen LogP contribution in [0.25, 0.3) is 0 Å². The minimum Gasteiger partial charge on any atom is -0.494 e. The maximum atomic E-state index is 12.2. The fourth-order valence-corrected chi connectivity index (χ4v) is 2.03. The van der Waals surface area contributed by atoms with E-state index in [0.717, 1.165) is 5.75 Å². The lowest BCUT2D eigenvalue weighted by Crippen LogP contribution is -2.21. The maximum Gasteiger partial charge on any atom is 0.359 e. The van der Waals surface area contributed by atoms with Crippen LogP contribution in [-0.4, -0.2) is 29.5 Å². The lowest BCUT2D eigenvalue weighted by atomic mass is 10.2. The predicted octanol–water partition coefficient (Wildman–Crippen LogP) is 3.11. The quantitative estimate of drug-likeness (QED) is 0.608. The zero-order valence-corrected chi connectivity index (χ0v) is 13.1. The first-order valence-corrected chi connectivity index (χ1v) is 7.26. The van der Waals surface area contributed by atoms with Gasteiger partial charge in [0, 0.05) is 13.2 Å². The third-order valence-electron chi connectivity index (χ3n) is 3.04. The van der Waals surface area contributed by atoms with Crippen LogP contribution in [0.4, 0.5) is 5.69 Å². The van der Waals surface area contributed by atoms with Gasteiger partial charge >= 0.3 is 5.97 Å². The minimum atomic E-state index is -0.432. The van der Waals surface area contributed by atoms with Crippen molar-refractivity contribution in [3.05, 3.63) is 48.3 Å². The molecule has 0 aliphatic heterocycles. The van der Waals surface area contributed by atoms with Gasteiger partial charge in [0.1, 0.15) is 5.75 Å². The standard InChI is InChI=1S/C17H20N2O3/c1-4-21-14-10-8-13(9-11-14)18-16(17(20)22-5-2)15-7-6-12-19(15)3/h6-12H,4-5H2,1-3H3. The SMILES string of the molecule is CCOC(=O)C(=Nc1ccc(OCC)cc1)c1cccn1C. The first kappa shape index (κ1) is 15.8. The number of rotatable bonds is 6.